The molecule has 0 saturated heterocycles. The van der Waals surface area contributed by atoms with Crippen molar-refractivity contribution in [3.05, 3.63) is 90.0 Å². The molecular weight excluding hydrogens is 418 g/mol. The molecule has 0 aromatic heterocycles. The third-order valence-corrected chi connectivity index (χ3v) is 5.39. The lowest BCUT2D eigenvalue weighted by molar-refractivity contribution is -0.141. The molecule has 33 heavy (non-hydrogen) atoms. The number of rotatable bonds is 11. The summed E-state index contributed by atoms with van der Waals surface area (Å²) in [5, 5.41) is 12.3. The minimum Gasteiger partial charge on any atom is -0.481 e. The van der Waals surface area contributed by atoms with E-state index in [1.807, 2.05) is 54.6 Å². The molecule has 1 unspecified atom stereocenters. The van der Waals surface area contributed by atoms with E-state index in [-0.39, 0.29) is 24.7 Å². The fourth-order valence-corrected chi connectivity index (χ4v) is 3.56. The molecule has 0 aliphatic heterocycles. The Morgan fingerprint density at radius 2 is 1.48 bits per heavy atom. The van der Waals surface area contributed by atoms with Crippen molar-refractivity contribution in [1.82, 2.24) is 0 Å². The third-order valence-electron chi connectivity index (χ3n) is 5.39. The maximum absolute atomic E-state index is 12.7. The second kappa shape index (κ2) is 11.7. The van der Waals surface area contributed by atoms with Gasteiger partial charge in [0.05, 0.1) is 5.92 Å². The Morgan fingerprint density at radius 1 is 0.879 bits per heavy atom. The summed E-state index contributed by atoms with van der Waals surface area (Å²) in [7, 11) is 1.46. The van der Waals surface area contributed by atoms with Gasteiger partial charge in [-0.3, -0.25) is 14.4 Å². The van der Waals surface area contributed by atoms with Crippen LogP contribution in [0.5, 0.6) is 0 Å². The van der Waals surface area contributed by atoms with E-state index in [2.05, 4.69) is 5.32 Å². The van der Waals surface area contributed by atoms with Gasteiger partial charge in [-0.1, -0.05) is 66.7 Å². The zero-order chi connectivity index (χ0) is 23.6. The van der Waals surface area contributed by atoms with Gasteiger partial charge < -0.3 is 15.2 Å². The van der Waals surface area contributed by atoms with Crippen molar-refractivity contribution in [2.24, 2.45) is 5.92 Å². The number of hydrogen-bond acceptors (Lipinski definition) is 4. The number of carbonyl (C=O) groups excluding carboxylic acids is 2. The number of Topliss-reactive ketones (excluding diaryl/α,β-unsaturated/α-hetero) is 1. The van der Waals surface area contributed by atoms with Crippen LogP contribution in [0.2, 0.25) is 0 Å². The fraction of sp³-hybridized carbons (Fsp3) is 0.222. The van der Waals surface area contributed by atoms with Crippen LogP contribution in [0.15, 0.2) is 78.9 Å². The Kier molecular flexibility index (Phi) is 8.49. The standard InChI is InChI=1S/C27H27NO5/c1-33-18-26(30)28-24-15-13-21(14-16-24)20-9-11-22(12-10-20)25(29)17-23(27(31)32)8-7-19-5-3-2-4-6-19/h2-6,9-16,23H,7-8,17-18H2,1H3,(H,28,30)(H,31,32). The number of anilines is 1. The van der Waals surface area contributed by atoms with Crippen molar-refractivity contribution in [2.75, 3.05) is 19.0 Å². The van der Waals surface area contributed by atoms with Crippen LogP contribution in [0.4, 0.5) is 5.69 Å². The first kappa shape index (κ1) is 23.9. The zero-order valence-corrected chi connectivity index (χ0v) is 18.5. The maximum atomic E-state index is 12.7. The molecule has 6 nitrogen and oxygen atoms in total. The van der Waals surface area contributed by atoms with Gasteiger partial charge in [-0.2, -0.15) is 0 Å². The Labute approximate surface area is 193 Å². The van der Waals surface area contributed by atoms with Gasteiger partial charge in [0, 0.05) is 24.8 Å². The van der Waals surface area contributed by atoms with Crippen molar-refractivity contribution in [2.45, 2.75) is 19.3 Å². The Morgan fingerprint density at radius 3 is 2.06 bits per heavy atom. The van der Waals surface area contributed by atoms with Crippen LogP contribution in [0, 0.1) is 5.92 Å². The number of ketones is 1. The van der Waals surface area contributed by atoms with Crippen molar-refractivity contribution in [3.63, 3.8) is 0 Å². The minimum absolute atomic E-state index is 0.00771. The lowest BCUT2D eigenvalue weighted by atomic mass is 9.92. The van der Waals surface area contributed by atoms with E-state index >= 15 is 0 Å². The predicted molar refractivity (Wildman–Crippen MR) is 127 cm³/mol. The normalized spacial score (nSPS) is 11.5. The molecule has 0 saturated carbocycles. The Balaban J connectivity index is 1.60. The van der Waals surface area contributed by atoms with E-state index in [0.29, 0.717) is 24.1 Å². The molecule has 3 aromatic carbocycles. The molecule has 1 atom stereocenters. The SMILES string of the molecule is COCC(=O)Nc1ccc(-c2ccc(C(=O)CC(CCc3ccccc3)C(=O)O)cc2)cc1. The Hall–Kier alpha value is -3.77. The van der Waals surface area contributed by atoms with Gasteiger partial charge >= 0.3 is 5.97 Å². The van der Waals surface area contributed by atoms with Crippen LogP contribution in [-0.2, 0) is 20.7 Å². The topological polar surface area (TPSA) is 92.7 Å². The smallest absolute Gasteiger partial charge is 0.306 e. The van der Waals surface area contributed by atoms with Gasteiger partial charge in [0.25, 0.3) is 0 Å². The average Bonchev–Trinajstić information content (AvgIpc) is 2.83. The van der Waals surface area contributed by atoms with Gasteiger partial charge in [0.1, 0.15) is 6.61 Å². The number of methoxy groups -OCH3 is 1. The number of benzene rings is 3. The number of amides is 1. The van der Waals surface area contributed by atoms with Crippen molar-refractivity contribution >= 4 is 23.3 Å². The largest absolute Gasteiger partial charge is 0.481 e. The number of ether oxygens (including phenoxy) is 1. The van der Waals surface area contributed by atoms with Crippen LogP contribution in [0.25, 0.3) is 11.1 Å². The summed E-state index contributed by atoms with van der Waals surface area (Å²) in [4.78, 5) is 36.0. The summed E-state index contributed by atoms with van der Waals surface area (Å²) in [5.74, 6) is -2.08. The number of aryl methyl sites for hydroxylation is 1. The average molecular weight is 446 g/mol. The van der Waals surface area contributed by atoms with Crippen LogP contribution < -0.4 is 5.32 Å². The first-order chi connectivity index (χ1) is 16.0. The van der Waals surface area contributed by atoms with Crippen LogP contribution in [0.1, 0.15) is 28.8 Å². The van der Waals surface area contributed by atoms with Gasteiger partial charge in [-0.05, 0) is 41.7 Å². The molecule has 0 spiro atoms. The predicted octanol–water partition coefficient (Wildman–Crippen LogP) is 4.84. The summed E-state index contributed by atoms with van der Waals surface area (Å²) in [6.45, 7) is -0.00771. The summed E-state index contributed by atoms with van der Waals surface area (Å²) in [5.41, 5.74) is 4.08. The summed E-state index contributed by atoms with van der Waals surface area (Å²) in [6, 6.07) is 24.2. The molecule has 0 aliphatic rings. The molecule has 0 fully saturated rings. The van der Waals surface area contributed by atoms with Crippen LogP contribution in [0.3, 0.4) is 0 Å². The number of aliphatic carboxylic acids is 1. The highest BCUT2D eigenvalue weighted by atomic mass is 16.5. The lowest BCUT2D eigenvalue weighted by Crippen LogP contribution is -2.19. The zero-order valence-electron chi connectivity index (χ0n) is 18.5. The first-order valence-corrected chi connectivity index (χ1v) is 10.8. The highest BCUT2D eigenvalue weighted by Gasteiger charge is 2.22. The second-order valence-corrected chi connectivity index (χ2v) is 7.82. The highest BCUT2D eigenvalue weighted by Crippen LogP contribution is 2.23. The van der Waals surface area contributed by atoms with E-state index in [0.717, 1.165) is 16.7 Å². The molecule has 3 rings (SSSR count). The lowest BCUT2D eigenvalue weighted by Gasteiger charge is -2.12. The first-order valence-electron chi connectivity index (χ1n) is 10.8. The molecule has 170 valence electrons. The molecule has 1 amide bonds. The van der Waals surface area contributed by atoms with Gasteiger partial charge in [0.15, 0.2) is 5.78 Å². The summed E-state index contributed by atoms with van der Waals surface area (Å²) < 4.78 is 4.80. The number of hydrogen-bond donors (Lipinski definition) is 2. The van der Waals surface area contributed by atoms with E-state index in [1.165, 1.54) is 7.11 Å². The summed E-state index contributed by atoms with van der Waals surface area (Å²) in [6.07, 6.45) is 1.000. The second-order valence-electron chi connectivity index (χ2n) is 7.82. The quantitative estimate of drug-likeness (QED) is 0.412. The highest BCUT2D eigenvalue weighted by molar-refractivity contribution is 5.98. The van der Waals surface area contributed by atoms with Gasteiger partial charge in [-0.25, -0.2) is 0 Å². The maximum Gasteiger partial charge on any atom is 0.306 e. The van der Waals surface area contributed by atoms with Crippen molar-refractivity contribution < 1.29 is 24.2 Å². The molecule has 0 aliphatic carbocycles. The van der Waals surface area contributed by atoms with Gasteiger partial charge in [0.2, 0.25) is 5.91 Å². The molecular formula is C27H27NO5. The number of carbonyl (C=O) groups is 3. The monoisotopic (exact) mass is 445 g/mol. The molecule has 0 bridgehead atoms. The molecule has 2 N–H and O–H groups in total. The van der Waals surface area contributed by atoms with E-state index < -0.39 is 11.9 Å². The fourth-order valence-electron chi connectivity index (χ4n) is 3.56. The molecule has 0 radical (unpaired) electrons. The number of carboxylic acids is 1. The molecule has 6 heteroatoms. The summed E-state index contributed by atoms with van der Waals surface area (Å²) >= 11 is 0. The van der Waals surface area contributed by atoms with Crippen molar-refractivity contribution in [1.29, 1.82) is 0 Å². The van der Waals surface area contributed by atoms with Gasteiger partial charge in [-0.15, -0.1) is 0 Å². The van der Waals surface area contributed by atoms with E-state index in [4.69, 9.17) is 4.74 Å². The molecule has 3 aromatic rings. The number of carboxylic acid groups (broad SMARTS) is 1. The van der Waals surface area contributed by atoms with Crippen LogP contribution >= 0.6 is 0 Å². The third kappa shape index (κ3) is 7.12. The number of nitrogens with one attached hydrogen (secondary N) is 1. The van der Waals surface area contributed by atoms with E-state index in [9.17, 15) is 19.5 Å². The minimum atomic E-state index is -0.950. The van der Waals surface area contributed by atoms with Crippen LogP contribution in [-0.4, -0.2) is 36.5 Å². The Bertz CT molecular complexity index is 1080. The van der Waals surface area contributed by atoms with Crippen molar-refractivity contribution in [3.8, 4) is 11.1 Å². The van der Waals surface area contributed by atoms with E-state index in [1.54, 1.807) is 24.3 Å². The molecule has 0 heterocycles.